The van der Waals surface area contributed by atoms with Crippen LogP contribution in [0.1, 0.15) is 26.2 Å². The number of nitrogens with zero attached hydrogens (tertiary/aromatic N) is 1. The molecule has 0 unspecified atom stereocenters. The first-order chi connectivity index (χ1) is 5.16. The van der Waals surface area contributed by atoms with Gasteiger partial charge < -0.3 is 10.6 Å². The van der Waals surface area contributed by atoms with Gasteiger partial charge in [-0.05, 0) is 19.3 Å². The molecule has 1 rings (SSSR count). The van der Waals surface area contributed by atoms with E-state index in [9.17, 15) is 4.79 Å². The highest BCUT2D eigenvalue weighted by molar-refractivity contribution is 5.81. The molecule has 0 saturated heterocycles. The van der Waals surface area contributed by atoms with Crippen LogP contribution in [-0.2, 0) is 4.79 Å². The van der Waals surface area contributed by atoms with Gasteiger partial charge >= 0.3 is 0 Å². The molecule has 3 nitrogen and oxygen atoms in total. The second-order valence-corrected chi connectivity index (χ2v) is 3.20. The molecule has 0 spiro atoms. The minimum atomic E-state index is -0.291. The van der Waals surface area contributed by atoms with Gasteiger partial charge in [-0.2, -0.15) is 0 Å². The summed E-state index contributed by atoms with van der Waals surface area (Å²) >= 11 is 0. The Hall–Kier alpha value is -0.570. The zero-order valence-electron chi connectivity index (χ0n) is 7.21. The summed E-state index contributed by atoms with van der Waals surface area (Å²) in [6, 6.07) is 0.195. The van der Waals surface area contributed by atoms with Crippen LogP contribution in [0.25, 0.3) is 0 Å². The molecule has 0 aromatic carbocycles. The molecule has 1 fully saturated rings. The van der Waals surface area contributed by atoms with Crippen molar-refractivity contribution in [3.8, 4) is 0 Å². The molecule has 2 N–H and O–H groups in total. The molecule has 11 heavy (non-hydrogen) atoms. The maximum atomic E-state index is 11.4. The van der Waals surface area contributed by atoms with Gasteiger partial charge in [-0.3, -0.25) is 4.79 Å². The number of nitrogens with two attached hydrogens (primary N) is 1. The van der Waals surface area contributed by atoms with Crippen molar-refractivity contribution < 1.29 is 4.79 Å². The first kappa shape index (κ1) is 8.53. The molecule has 0 radical (unpaired) electrons. The van der Waals surface area contributed by atoms with Gasteiger partial charge in [0.25, 0.3) is 0 Å². The number of rotatable bonds is 3. The van der Waals surface area contributed by atoms with Crippen molar-refractivity contribution in [2.75, 3.05) is 7.05 Å². The lowest BCUT2D eigenvalue weighted by atomic mass is 10.2. The van der Waals surface area contributed by atoms with Crippen molar-refractivity contribution in [2.24, 2.45) is 5.73 Å². The Bertz CT molecular complexity index is 154. The Balaban J connectivity index is 2.38. The summed E-state index contributed by atoms with van der Waals surface area (Å²) in [7, 11) is 1.84. The van der Waals surface area contributed by atoms with Gasteiger partial charge in [-0.15, -0.1) is 0 Å². The highest BCUT2D eigenvalue weighted by Gasteiger charge is 2.31. The first-order valence-electron chi connectivity index (χ1n) is 4.19. The lowest BCUT2D eigenvalue weighted by Crippen LogP contribution is -2.42. The summed E-state index contributed by atoms with van der Waals surface area (Å²) in [5, 5.41) is 0. The van der Waals surface area contributed by atoms with E-state index in [0.29, 0.717) is 6.04 Å². The van der Waals surface area contributed by atoms with E-state index >= 15 is 0 Å². The molecule has 1 atom stereocenters. The van der Waals surface area contributed by atoms with E-state index in [1.54, 1.807) is 4.90 Å². The Morgan fingerprint density at radius 2 is 2.27 bits per heavy atom. The van der Waals surface area contributed by atoms with Crippen molar-refractivity contribution in [1.82, 2.24) is 4.90 Å². The average Bonchev–Trinajstić information content (AvgIpc) is 2.82. The molecule has 1 amide bonds. The number of carbonyl (C=O) groups is 1. The van der Waals surface area contributed by atoms with Gasteiger partial charge in [0.1, 0.15) is 0 Å². The van der Waals surface area contributed by atoms with Gasteiger partial charge in [0.15, 0.2) is 0 Å². The normalized spacial score (nSPS) is 19.5. The van der Waals surface area contributed by atoms with Gasteiger partial charge in [0, 0.05) is 13.1 Å². The van der Waals surface area contributed by atoms with Gasteiger partial charge in [-0.1, -0.05) is 6.92 Å². The molecule has 0 aromatic rings. The molecule has 3 heteroatoms. The number of carbonyl (C=O) groups excluding carboxylic acids is 1. The Labute approximate surface area is 67.5 Å². The molecule has 0 aliphatic heterocycles. The van der Waals surface area contributed by atoms with Crippen LogP contribution in [0.4, 0.5) is 0 Å². The van der Waals surface area contributed by atoms with Crippen LogP contribution in [0, 0.1) is 0 Å². The van der Waals surface area contributed by atoms with E-state index in [1.807, 2.05) is 14.0 Å². The van der Waals surface area contributed by atoms with Gasteiger partial charge in [0.05, 0.1) is 6.04 Å². The van der Waals surface area contributed by atoms with Crippen molar-refractivity contribution in [2.45, 2.75) is 38.3 Å². The monoisotopic (exact) mass is 156 g/mol. The van der Waals surface area contributed by atoms with E-state index in [1.165, 1.54) is 0 Å². The standard InChI is InChI=1S/C8H16N2O/c1-3-7(9)8(11)10(2)6-4-5-6/h6-7H,3-5,9H2,1-2H3/t7-/m0/s1. The van der Waals surface area contributed by atoms with E-state index in [0.717, 1.165) is 19.3 Å². The number of amides is 1. The minimum absolute atomic E-state index is 0.0926. The lowest BCUT2D eigenvalue weighted by molar-refractivity contribution is -0.131. The largest absolute Gasteiger partial charge is 0.341 e. The predicted molar refractivity (Wildman–Crippen MR) is 44.1 cm³/mol. The smallest absolute Gasteiger partial charge is 0.239 e. The second-order valence-electron chi connectivity index (χ2n) is 3.20. The number of likely N-dealkylation sites (N-methyl/N-ethyl adjacent to an activating group) is 1. The van der Waals surface area contributed by atoms with Crippen molar-refractivity contribution in [1.29, 1.82) is 0 Å². The fraction of sp³-hybridized carbons (Fsp3) is 0.875. The highest BCUT2D eigenvalue weighted by atomic mass is 16.2. The van der Waals surface area contributed by atoms with Crippen LogP contribution < -0.4 is 5.73 Å². The van der Waals surface area contributed by atoms with E-state index in [-0.39, 0.29) is 11.9 Å². The minimum Gasteiger partial charge on any atom is -0.341 e. The van der Waals surface area contributed by atoms with Crippen LogP contribution in [0.2, 0.25) is 0 Å². The first-order valence-corrected chi connectivity index (χ1v) is 4.19. The fourth-order valence-corrected chi connectivity index (χ4v) is 1.08. The second kappa shape index (κ2) is 3.22. The molecule has 1 saturated carbocycles. The summed E-state index contributed by atoms with van der Waals surface area (Å²) in [5.74, 6) is 0.0926. The van der Waals surface area contributed by atoms with Crippen LogP contribution in [0.5, 0.6) is 0 Å². The summed E-state index contributed by atoms with van der Waals surface area (Å²) in [5.41, 5.74) is 5.59. The van der Waals surface area contributed by atoms with E-state index < -0.39 is 0 Å². The van der Waals surface area contributed by atoms with Crippen molar-refractivity contribution in [3.05, 3.63) is 0 Å². The van der Waals surface area contributed by atoms with E-state index in [2.05, 4.69) is 0 Å². The van der Waals surface area contributed by atoms with Gasteiger partial charge in [0.2, 0.25) is 5.91 Å². The summed E-state index contributed by atoms with van der Waals surface area (Å²) < 4.78 is 0. The maximum Gasteiger partial charge on any atom is 0.239 e. The topological polar surface area (TPSA) is 46.3 Å². The highest BCUT2D eigenvalue weighted by Crippen LogP contribution is 2.25. The van der Waals surface area contributed by atoms with Crippen LogP contribution in [0.3, 0.4) is 0 Å². The Morgan fingerprint density at radius 1 is 1.73 bits per heavy atom. The molecule has 0 aromatic heterocycles. The van der Waals surface area contributed by atoms with Crippen LogP contribution in [-0.4, -0.2) is 29.9 Å². The summed E-state index contributed by atoms with van der Waals surface area (Å²) in [4.78, 5) is 13.1. The maximum absolute atomic E-state index is 11.4. The summed E-state index contributed by atoms with van der Waals surface area (Å²) in [6.45, 7) is 1.93. The number of hydrogen-bond donors (Lipinski definition) is 1. The zero-order chi connectivity index (χ0) is 8.43. The third-order valence-corrected chi connectivity index (χ3v) is 2.20. The third kappa shape index (κ3) is 1.93. The molecule has 1 aliphatic rings. The fourth-order valence-electron chi connectivity index (χ4n) is 1.08. The SMILES string of the molecule is CC[C@H](N)C(=O)N(C)C1CC1. The molecular weight excluding hydrogens is 140 g/mol. The Kier molecular flexibility index (Phi) is 2.49. The van der Waals surface area contributed by atoms with Crippen molar-refractivity contribution in [3.63, 3.8) is 0 Å². The molecular formula is C8H16N2O. The van der Waals surface area contributed by atoms with Gasteiger partial charge in [-0.25, -0.2) is 0 Å². The van der Waals surface area contributed by atoms with E-state index in [4.69, 9.17) is 5.73 Å². The number of hydrogen-bond acceptors (Lipinski definition) is 2. The van der Waals surface area contributed by atoms with Crippen LogP contribution >= 0.6 is 0 Å². The zero-order valence-corrected chi connectivity index (χ0v) is 7.21. The Morgan fingerprint density at radius 3 is 2.64 bits per heavy atom. The molecule has 64 valence electrons. The summed E-state index contributed by atoms with van der Waals surface area (Å²) in [6.07, 6.45) is 3.03. The van der Waals surface area contributed by atoms with Crippen LogP contribution in [0.15, 0.2) is 0 Å². The third-order valence-electron chi connectivity index (χ3n) is 2.20. The molecule has 1 aliphatic carbocycles. The average molecular weight is 156 g/mol. The molecule has 0 heterocycles. The molecule has 0 bridgehead atoms. The predicted octanol–water partition coefficient (Wildman–Crippen LogP) is 0.344. The van der Waals surface area contributed by atoms with Crippen molar-refractivity contribution >= 4 is 5.91 Å². The quantitative estimate of drug-likeness (QED) is 0.640. The lowest BCUT2D eigenvalue weighted by Gasteiger charge is -2.19.